The number of hydrogen-bond acceptors (Lipinski definition) is 4. The summed E-state index contributed by atoms with van der Waals surface area (Å²) in [5.41, 5.74) is 6.86. The number of fused-ring (bicyclic) bond motifs is 1. The standard InChI is InChI=1S/C8H10N4O/c9-3-8(13)6-4-11-12-2-1-10-5-7(6)12/h1-2,4-5,8,13H,3,9H2. The molecule has 0 fully saturated rings. The Morgan fingerprint density at radius 3 is 3.15 bits per heavy atom. The molecule has 0 aliphatic heterocycles. The fourth-order valence-electron chi connectivity index (χ4n) is 1.24. The maximum absolute atomic E-state index is 9.51. The van der Waals surface area contributed by atoms with Crippen molar-refractivity contribution in [3.05, 3.63) is 30.4 Å². The van der Waals surface area contributed by atoms with Crippen LogP contribution in [0.4, 0.5) is 0 Å². The average molecular weight is 178 g/mol. The number of rotatable bonds is 2. The lowest BCUT2D eigenvalue weighted by atomic mass is 10.2. The molecule has 0 aromatic carbocycles. The van der Waals surface area contributed by atoms with E-state index in [9.17, 15) is 5.11 Å². The molecular formula is C8H10N4O. The van der Waals surface area contributed by atoms with Gasteiger partial charge in [-0.2, -0.15) is 5.10 Å². The normalized spacial score (nSPS) is 13.4. The summed E-state index contributed by atoms with van der Waals surface area (Å²) in [5, 5.41) is 13.6. The second-order valence-electron chi connectivity index (χ2n) is 2.76. The molecule has 0 saturated carbocycles. The lowest BCUT2D eigenvalue weighted by molar-refractivity contribution is 0.188. The number of aliphatic hydroxyl groups is 1. The smallest absolute Gasteiger partial charge is 0.0949 e. The minimum Gasteiger partial charge on any atom is -0.387 e. The van der Waals surface area contributed by atoms with Crippen LogP contribution >= 0.6 is 0 Å². The Kier molecular flexibility index (Phi) is 1.96. The molecule has 5 heteroatoms. The first-order chi connectivity index (χ1) is 6.33. The summed E-state index contributed by atoms with van der Waals surface area (Å²) < 4.78 is 1.65. The summed E-state index contributed by atoms with van der Waals surface area (Å²) in [6, 6.07) is 0. The van der Waals surface area contributed by atoms with E-state index >= 15 is 0 Å². The lowest BCUT2D eigenvalue weighted by Gasteiger charge is -2.03. The Balaban J connectivity index is 2.57. The molecule has 1 atom stereocenters. The van der Waals surface area contributed by atoms with Gasteiger partial charge >= 0.3 is 0 Å². The molecule has 2 aromatic heterocycles. The van der Waals surface area contributed by atoms with Crippen molar-refractivity contribution in [2.75, 3.05) is 6.54 Å². The van der Waals surface area contributed by atoms with Gasteiger partial charge in [0.2, 0.25) is 0 Å². The number of aromatic nitrogens is 3. The van der Waals surface area contributed by atoms with Gasteiger partial charge in [-0.1, -0.05) is 0 Å². The molecular weight excluding hydrogens is 168 g/mol. The van der Waals surface area contributed by atoms with Crippen molar-refractivity contribution in [2.45, 2.75) is 6.10 Å². The van der Waals surface area contributed by atoms with Crippen LogP contribution in [0.2, 0.25) is 0 Å². The molecule has 68 valence electrons. The number of hydrogen-bond donors (Lipinski definition) is 2. The SMILES string of the molecule is NCC(O)c1cnn2ccncc12. The van der Waals surface area contributed by atoms with E-state index < -0.39 is 6.10 Å². The van der Waals surface area contributed by atoms with E-state index in [1.54, 1.807) is 29.3 Å². The fourth-order valence-corrected chi connectivity index (χ4v) is 1.24. The van der Waals surface area contributed by atoms with Gasteiger partial charge in [-0.25, -0.2) is 4.52 Å². The zero-order chi connectivity index (χ0) is 9.26. The minimum atomic E-state index is -0.665. The summed E-state index contributed by atoms with van der Waals surface area (Å²) in [4.78, 5) is 3.95. The van der Waals surface area contributed by atoms with E-state index in [1.807, 2.05) is 0 Å². The average Bonchev–Trinajstić information content (AvgIpc) is 2.60. The fraction of sp³-hybridized carbons (Fsp3) is 0.250. The Labute approximate surface area is 74.8 Å². The molecule has 0 radical (unpaired) electrons. The van der Waals surface area contributed by atoms with Gasteiger partial charge in [0, 0.05) is 24.5 Å². The molecule has 1 unspecified atom stereocenters. The number of aliphatic hydroxyl groups excluding tert-OH is 1. The first kappa shape index (κ1) is 8.15. The van der Waals surface area contributed by atoms with Gasteiger partial charge in [0.15, 0.2) is 0 Å². The Morgan fingerprint density at radius 1 is 1.54 bits per heavy atom. The summed E-state index contributed by atoms with van der Waals surface area (Å²) >= 11 is 0. The second-order valence-corrected chi connectivity index (χ2v) is 2.76. The second kappa shape index (κ2) is 3.12. The Hall–Kier alpha value is -1.46. The highest BCUT2D eigenvalue weighted by molar-refractivity contribution is 5.52. The van der Waals surface area contributed by atoms with Gasteiger partial charge < -0.3 is 10.8 Å². The molecule has 3 N–H and O–H groups in total. The van der Waals surface area contributed by atoms with Crippen LogP contribution in [0, 0.1) is 0 Å². The summed E-state index contributed by atoms with van der Waals surface area (Å²) in [7, 11) is 0. The van der Waals surface area contributed by atoms with Crippen LogP contribution in [-0.2, 0) is 0 Å². The maximum atomic E-state index is 9.51. The van der Waals surface area contributed by atoms with Crippen LogP contribution in [0.25, 0.3) is 5.52 Å². The van der Waals surface area contributed by atoms with E-state index in [4.69, 9.17) is 5.73 Å². The topological polar surface area (TPSA) is 76.4 Å². The molecule has 2 aromatic rings. The molecule has 0 spiro atoms. The van der Waals surface area contributed by atoms with Gasteiger partial charge in [0.25, 0.3) is 0 Å². The van der Waals surface area contributed by atoms with Gasteiger partial charge in [-0.3, -0.25) is 4.98 Å². The van der Waals surface area contributed by atoms with E-state index in [-0.39, 0.29) is 6.54 Å². The largest absolute Gasteiger partial charge is 0.387 e. The van der Waals surface area contributed by atoms with E-state index in [0.29, 0.717) is 0 Å². The van der Waals surface area contributed by atoms with Crippen molar-refractivity contribution in [1.29, 1.82) is 0 Å². The quantitative estimate of drug-likeness (QED) is 0.663. The van der Waals surface area contributed by atoms with Crippen LogP contribution < -0.4 is 5.73 Å². The van der Waals surface area contributed by atoms with Gasteiger partial charge in [-0.05, 0) is 0 Å². The molecule has 0 saturated heterocycles. The van der Waals surface area contributed by atoms with E-state index in [0.717, 1.165) is 11.1 Å². The van der Waals surface area contributed by atoms with Crippen LogP contribution in [0.3, 0.4) is 0 Å². The van der Waals surface area contributed by atoms with E-state index in [1.165, 1.54) is 0 Å². The first-order valence-corrected chi connectivity index (χ1v) is 3.98. The third-order valence-corrected chi connectivity index (χ3v) is 1.94. The third kappa shape index (κ3) is 1.28. The molecule has 0 bridgehead atoms. The monoisotopic (exact) mass is 178 g/mol. The highest BCUT2D eigenvalue weighted by atomic mass is 16.3. The van der Waals surface area contributed by atoms with Crippen molar-refractivity contribution < 1.29 is 5.11 Å². The minimum absolute atomic E-state index is 0.191. The molecule has 0 aliphatic rings. The van der Waals surface area contributed by atoms with Crippen LogP contribution in [-0.4, -0.2) is 26.2 Å². The molecule has 2 rings (SSSR count). The molecule has 5 nitrogen and oxygen atoms in total. The summed E-state index contributed by atoms with van der Waals surface area (Å²) in [6.45, 7) is 0.191. The lowest BCUT2D eigenvalue weighted by Crippen LogP contribution is -2.11. The molecule has 13 heavy (non-hydrogen) atoms. The van der Waals surface area contributed by atoms with Crippen molar-refractivity contribution in [3.8, 4) is 0 Å². The predicted octanol–water partition coefficient (Wildman–Crippen LogP) is -0.279. The van der Waals surface area contributed by atoms with Crippen molar-refractivity contribution in [2.24, 2.45) is 5.73 Å². The number of nitrogens with zero attached hydrogens (tertiary/aromatic N) is 3. The van der Waals surface area contributed by atoms with Gasteiger partial charge in [0.05, 0.1) is 24.0 Å². The zero-order valence-electron chi connectivity index (χ0n) is 6.96. The Morgan fingerprint density at radius 2 is 2.38 bits per heavy atom. The highest BCUT2D eigenvalue weighted by Gasteiger charge is 2.11. The van der Waals surface area contributed by atoms with Gasteiger partial charge in [0.1, 0.15) is 0 Å². The highest BCUT2D eigenvalue weighted by Crippen LogP contribution is 2.16. The number of nitrogens with two attached hydrogens (primary N) is 1. The Bertz CT molecular complexity index is 411. The molecule has 0 aliphatic carbocycles. The van der Waals surface area contributed by atoms with Crippen LogP contribution in [0.15, 0.2) is 24.8 Å². The van der Waals surface area contributed by atoms with E-state index in [2.05, 4.69) is 10.1 Å². The summed E-state index contributed by atoms with van der Waals surface area (Å²) in [5.74, 6) is 0. The predicted molar refractivity (Wildman–Crippen MR) is 47.0 cm³/mol. The van der Waals surface area contributed by atoms with Crippen LogP contribution in [0.1, 0.15) is 11.7 Å². The summed E-state index contributed by atoms with van der Waals surface area (Å²) in [6.07, 6.45) is 5.96. The van der Waals surface area contributed by atoms with Crippen molar-refractivity contribution >= 4 is 5.52 Å². The maximum Gasteiger partial charge on any atom is 0.0949 e. The first-order valence-electron chi connectivity index (χ1n) is 3.98. The van der Waals surface area contributed by atoms with Crippen molar-refractivity contribution in [1.82, 2.24) is 14.6 Å². The van der Waals surface area contributed by atoms with Crippen LogP contribution in [0.5, 0.6) is 0 Å². The molecule has 2 heterocycles. The van der Waals surface area contributed by atoms with Crippen molar-refractivity contribution in [3.63, 3.8) is 0 Å². The van der Waals surface area contributed by atoms with Gasteiger partial charge in [-0.15, -0.1) is 0 Å². The zero-order valence-corrected chi connectivity index (χ0v) is 6.96. The third-order valence-electron chi connectivity index (χ3n) is 1.94. The molecule has 0 amide bonds.